The summed E-state index contributed by atoms with van der Waals surface area (Å²) < 4.78 is 18.2. The van der Waals surface area contributed by atoms with Gasteiger partial charge in [-0.05, 0) is 50.9 Å². The average molecular weight is 604 g/mol. The largest absolute Gasteiger partial charge is 0.465 e. The number of allylic oxidation sites excluding steroid dienone is 1. The average Bonchev–Trinajstić information content (AvgIpc) is 3.61. The molecule has 4 fully saturated rings. The van der Waals surface area contributed by atoms with E-state index >= 15 is 0 Å². The Morgan fingerprint density at radius 2 is 1.93 bits per heavy atom. The molecule has 6 atom stereocenters. The topological polar surface area (TPSA) is 109 Å². The van der Waals surface area contributed by atoms with Gasteiger partial charge in [-0.1, -0.05) is 32.9 Å². The third-order valence-electron chi connectivity index (χ3n) is 9.95. The van der Waals surface area contributed by atoms with Crippen LogP contribution in [-0.4, -0.2) is 120 Å². The van der Waals surface area contributed by atoms with Crippen LogP contribution >= 0.6 is 0 Å². The molecule has 10 nitrogen and oxygen atoms in total. The number of esters is 1. The molecule has 0 aliphatic carbocycles. The van der Waals surface area contributed by atoms with Gasteiger partial charge in [-0.2, -0.15) is 0 Å². The van der Waals surface area contributed by atoms with Gasteiger partial charge in [0.05, 0.1) is 44.0 Å². The second-order valence-electron chi connectivity index (χ2n) is 13.0. The van der Waals surface area contributed by atoms with Crippen molar-refractivity contribution in [3.8, 4) is 0 Å². The maximum Gasteiger partial charge on any atom is 0.312 e. The van der Waals surface area contributed by atoms with E-state index in [2.05, 4.69) is 18.1 Å². The Hall–Kier alpha value is -2.27. The summed E-state index contributed by atoms with van der Waals surface area (Å²) in [6.07, 6.45) is 8.11. The number of rotatable bonds is 17. The number of morpholine rings is 1. The predicted molar refractivity (Wildman–Crippen MR) is 163 cm³/mol. The third-order valence-corrected chi connectivity index (χ3v) is 9.95. The Labute approximate surface area is 257 Å². The number of ether oxygens (including phenoxy) is 3. The van der Waals surface area contributed by atoms with E-state index in [1.54, 1.807) is 15.9 Å². The zero-order chi connectivity index (χ0) is 31.2. The fourth-order valence-electron chi connectivity index (χ4n) is 7.87. The minimum Gasteiger partial charge on any atom is -0.465 e. The molecule has 1 N–H and O–H groups in total. The highest BCUT2D eigenvalue weighted by atomic mass is 16.6. The first-order valence-electron chi connectivity index (χ1n) is 16.3. The van der Waals surface area contributed by atoms with E-state index < -0.39 is 41.1 Å². The van der Waals surface area contributed by atoms with E-state index in [-0.39, 0.29) is 30.9 Å². The van der Waals surface area contributed by atoms with Crippen LogP contribution in [0.25, 0.3) is 0 Å². The number of unbranched alkanes of at least 4 members (excludes halogenated alkanes) is 2. The molecule has 2 amide bonds. The van der Waals surface area contributed by atoms with Gasteiger partial charge in [0.1, 0.15) is 17.6 Å². The van der Waals surface area contributed by atoms with Gasteiger partial charge in [-0.25, -0.2) is 0 Å². The van der Waals surface area contributed by atoms with Crippen molar-refractivity contribution >= 4 is 17.8 Å². The minimum absolute atomic E-state index is 0.180. The first kappa shape index (κ1) is 33.6. The molecule has 0 aromatic carbocycles. The lowest BCUT2D eigenvalue weighted by molar-refractivity contribution is -0.164. The smallest absolute Gasteiger partial charge is 0.312 e. The van der Waals surface area contributed by atoms with E-state index in [0.29, 0.717) is 65.0 Å². The molecule has 242 valence electrons. The molecule has 2 unspecified atom stereocenters. The number of aliphatic hydroxyl groups is 1. The number of likely N-dealkylation sites (tertiary alicyclic amines) is 1. The van der Waals surface area contributed by atoms with E-state index in [1.165, 1.54) is 0 Å². The molecule has 4 saturated heterocycles. The standard InChI is InChI=1S/C33H53N3O7/c1-6-9-10-11-19-42-31(40)27-26-29(38)36(25(23-37)22-24(4)5)28(33(26)13-12-32(27,8-3)43-33)30(39)35(14-7-2)16-15-34-17-20-41-21-18-34/h6-7,24-28,37H,1-2,8-23H2,3-5H3/t25-,26+,27-,28?,32+,33?/m1/s1. The van der Waals surface area contributed by atoms with Gasteiger partial charge < -0.3 is 29.1 Å². The molecule has 4 rings (SSSR count). The fraction of sp³-hybridized carbons (Fsp3) is 0.788. The normalized spacial score (nSPS) is 30.9. The summed E-state index contributed by atoms with van der Waals surface area (Å²) in [7, 11) is 0. The summed E-state index contributed by atoms with van der Waals surface area (Å²) in [4.78, 5) is 48.6. The van der Waals surface area contributed by atoms with Gasteiger partial charge in [-0.15, -0.1) is 13.2 Å². The molecule has 0 aromatic rings. The number of carbonyl (C=O) groups is 3. The first-order chi connectivity index (χ1) is 20.7. The molecule has 0 saturated carbocycles. The molecule has 2 bridgehead atoms. The summed E-state index contributed by atoms with van der Waals surface area (Å²) in [5.74, 6) is -2.36. The number of amides is 2. The van der Waals surface area contributed by atoms with Gasteiger partial charge in [0.15, 0.2) is 0 Å². The fourth-order valence-corrected chi connectivity index (χ4v) is 7.87. The van der Waals surface area contributed by atoms with Crippen molar-refractivity contribution in [2.24, 2.45) is 17.8 Å². The van der Waals surface area contributed by atoms with Crippen LogP contribution in [0.4, 0.5) is 0 Å². The van der Waals surface area contributed by atoms with Crippen LogP contribution < -0.4 is 0 Å². The van der Waals surface area contributed by atoms with E-state index in [4.69, 9.17) is 14.2 Å². The lowest BCUT2D eigenvalue weighted by Crippen LogP contribution is -2.59. The summed E-state index contributed by atoms with van der Waals surface area (Å²) in [5, 5.41) is 10.6. The highest BCUT2D eigenvalue weighted by molar-refractivity contribution is 5.98. The van der Waals surface area contributed by atoms with Crippen LogP contribution in [-0.2, 0) is 28.6 Å². The maximum atomic E-state index is 14.7. The van der Waals surface area contributed by atoms with Crippen molar-refractivity contribution in [3.05, 3.63) is 25.3 Å². The minimum atomic E-state index is -1.15. The van der Waals surface area contributed by atoms with Crippen LogP contribution in [0.15, 0.2) is 25.3 Å². The Bertz CT molecular complexity index is 1010. The molecule has 0 aromatic heterocycles. The SMILES string of the molecule is C=CCCCCOC(=O)[C@H]1[C@H]2C(=O)N([C@@H](CO)CC(C)C)C(C(=O)N(CC=C)CCN3CCOCC3)C23CC[C@]1(CC)O3. The number of aliphatic hydroxyl groups excluding tert-OH is 1. The number of nitrogens with zero attached hydrogens (tertiary/aromatic N) is 3. The quantitative estimate of drug-likeness (QED) is 0.154. The Balaban J connectivity index is 1.68. The zero-order valence-corrected chi connectivity index (χ0v) is 26.5. The lowest BCUT2D eigenvalue weighted by atomic mass is 9.65. The lowest BCUT2D eigenvalue weighted by Gasteiger charge is -2.40. The molecule has 0 radical (unpaired) electrons. The number of carbonyl (C=O) groups excluding carboxylic acids is 3. The second-order valence-corrected chi connectivity index (χ2v) is 13.0. The molecule has 43 heavy (non-hydrogen) atoms. The summed E-state index contributed by atoms with van der Waals surface area (Å²) in [6, 6.07) is -1.51. The van der Waals surface area contributed by atoms with E-state index in [0.717, 1.165) is 25.9 Å². The first-order valence-corrected chi connectivity index (χ1v) is 16.3. The highest BCUT2D eigenvalue weighted by Crippen LogP contribution is 2.65. The van der Waals surface area contributed by atoms with Crippen LogP contribution in [0, 0.1) is 17.8 Å². The van der Waals surface area contributed by atoms with Gasteiger partial charge in [0.25, 0.3) is 0 Å². The number of fused-ring (bicyclic) bond motifs is 1. The van der Waals surface area contributed by atoms with Crippen LogP contribution in [0.3, 0.4) is 0 Å². The molecule has 4 heterocycles. The zero-order valence-electron chi connectivity index (χ0n) is 26.5. The van der Waals surface area contributed by atoms with Crippen molar-refractivity contribution in [1.29, 1.82) is 0 Å². The van der Waals surface area contributed by atoms with Crippen molar-refractivity contribution in [2.75, 3.05) is 59.2 Å². The predicted octanol–water partition coefficient (Wildman–Crippen LogP) is 2.79. The Morgan fingerprint density at radius 1 is 1.19 bits per heavy atom. The molecule has 1 spiro atoms. The van der Waals surface area contributed by atoms with Crippen LogP contribution in [0.2, 0.25) is 0 Å². The van der Waals surface area contributed by atoms with Gasteiger partial charge >= 0.3 is 5.97 Å². The second kappa shape index (κ2) is 14.7. The molecular formula is C33H53N3O7. The number of hydrogen-bond acceptors (Lipinski definition) is 8. The third kappa shape index (κ3) is 6.58. The molecule has 10 heteroatoms. The summed E-state index contributed by atoms with van der Waals surface area (Å²) in [5.41, 5.74) is -2.01. The van der Waals surface area contributed by atoms with Gasteiger partial charge in [0, 0.05) is 32.7 Å². The molecular weight excluding hydrogens is 550 g/mol. The highest BCUT2D eigenvalue weighted by Gasteiger charge is 2.79. The molecule has 4 aliphatic heterocycles. The van der Waals surface area contributed by atoms with Gasteiger partial charge in [0.2, 0.25) is 11.8 Å². The van der Waals surface area contributed by atoms with E-state index in [9.17, 15) is 19.5 Å². The maximum absolute atomic E-state index is 14.7. The molecule has 4 aliphatic rings. The van der Waals surface area contributed by atoms with Crippen molar-refractivity contribution in [2.45, 2.75) is 89.0 Å². The van der Waals surface area contributed by atoms with E-state index in [1.807, 2.05) is 26.8 Å². The Kier molecular flexibility index (Phi) is 11.5. The van der Waals surface area contributed by atoms with Crippen LogP contribution in [0.1, 0.15) is 65.7 Å². The van der Waals surface area contributed by atoms with Gasteiger partial charge in [-0.3, -0.25) is 19.3 Å². The van der Waals surface area contributed by atoms with Crippen molar-refractivity contribution in [3.63, 3.8) is 0 Å². The summed E-state index contributed by atoms with van der Waals surface area (Å²) >= 11 is 0. The monoisotopic (exact) mass is 603 g/mol. The number of hydrogen-bond donors (Lipinski definition) is 1. The van der Waals surface area contributed by atoms with Crippen LogP contribution in [0.5, 0.6) is 0 Å². The Morgan fingerprint density at radius 3 is 2.56 bits per heavy atom. The van der Waals surface area contributed by atoms with Crippen molar-refractivity contribution < 1.29 is 33.7 Å². The van der Waals surface area contributed by atoms with Crippen molar-refractivity contribution in [1.82, 2.24) is 14.7 Å². The summed E-state index contributed by atoms with van der Waals surface area (Å²) in [6.45, 7) is 18.1.